The van der Waals surface area contributed by atoms with E-state index in [-0.39, 0.29) is 12.1 Å². The number of alkyl halides is 2. The lowest BCUT2D eigenvalue weighted by Gasteiger charge is -2.15. The van der Waals surface area contributed by atoms with E-state index >= 15 is 0 Å². The minimum atomic E-state index is -2.81. The quantitative estimate of drug-likeness (QED) is 0.373. The number of pyridine rings is 1. The molecule has 3 aromatic rings. The zero-order valence-corrected chi connectivity index (χ0v) is 20.2. The van der Waals surface area contributed by atoms with Crippen molar-refractivity contribution in [2.45, 2.75) is 57.4 Å². The highest BCUT2D eigenvalue weighted by Crippen LogP contribution is 2.20. The zero-order valence-electron chi connectivity index (χ0n) is 20.2. The van der Waals surface area contributed by atoms with E-state index in [1.165, 1.54) is 24.1 Å². The molecule has 8 nitrogen and oxygen atoms in total. The first-order valence-electron chi connectivity index (χ1n) is 12.2. The lowest BCUT2D eigenvalue weighted by Crippen LogP contribution is -2.42. The predicted molar refractivity (Wildman–Crippen MR) is 131 cm³/mol. The molecule has 1 atom stereocenters. The summed E-state index contributed by atoms with van der Waals surface area (Å²) in [6.07, 6.45) is 5.16. The first-order valence-corrected chi connectivity index (χ1v) is 12.2. The Labute approximate surface area is 213 Å². The standard InChI is InChI=1S/C27H28F2N4O4/c28-25(29)23-15-31-24(16-30-23)26(34)33-22(27(35)36)14-17-7-11-20(12-8-17)37-13-3-5-19-10-9-18-4-1-2-6-21(18)32-19/h7-12,15-16,22,25H,1-6,13-14H2,(H,33,34)(H,35,36)/t22-/m0/s1. The molecular formula is C27H28F2N4O4. The van der Waals surface area contributed by atoms with E-state index in [0.29, 0.717) is 17.9 Å². The van der Waals surface area contributed by atoms with Gasteiger partial charge in [0.15, 0.2) is 0 Å². The number of hydrogen-bond acceptors (Lipinski definition) is 6. The molecule has 0 radical (unpaired) electrons. The molecular weight excluding hydrogens is 482 g/mol. The van der Waals surface area contributed by atoms with Crippen LogP contribution in [0.3, 0.4) is 0 Å². The fraction of sp³-hybridized carbons (Fsp3) is 0.370. The number of nitrogens with one attached hydrogen (secondary N) is 1. The second-order valence-corrected chi connectivity index (χ2v) is 8.91. The molecule has 0 bridgehead atoms. The van der Waals surface area contributed by atoms with Crippen LogP contribution in [0.4, 0.5) is 8.78 Å². The van der Waals surface area contributed by atoms with Crippen molar-refractivity contribution in [1.29, 1.82) is 0 Å². The van der Waals surface area contributed by atoms with Gasteiger partial charge in [0.05, 0.1) is 19.0 Å². The fourth-order valence-electron chi connectivity index (χ4n) is 4.17. The normalized spacial score (nSPS) is 13.6. The van der Waals surface area contributed by atoms with E-state index in [1.807, 2.05) is 0 Å². The predicted octanol–water partition coefficient (Wildman–Crippen LogP) is 4.13. The van der Waals surface area contributed by atoms with Crippen molar-refractivity contribution in [3.8, 4) is 5.75 Å². The summed E-state index contributed by atoms with van der Waals surface area (Å²) in [6.45, 7) is 0.525. The van der Waals surface area contributed by atoms with Crippen molar-refractivity contribution in [3.05, 3.63) is 82.7 Å². The number of rotatable bonds is 11. The molecule has 4 rings (SSSR count). The van der Waals surface area contributed by atoms with Crippen LogP contribution in [0.25, 0.3) is 0 Å². The van der Waals surface area contributed by atoms with Gasteiger partial charge in [0.1, 0.15) is 23.2 Å². The summed E-state index contributed by atoms with van der Waals surface area (Å²) in [6, 6.07) is 10.0. The number of nitrogens with zero attached hydrogens (tertiary/aromatic N) is 3. The summed E-state index contributed by atoms with van der Waals surface area (Å²) < 4.78 is 31.0. The van der Waals surface area contributed by atoms with Crippen LogP contribution in [-0.2, 0) is 30.5 Å². The molecule has 0 fully saturated rings. The molecule has 2 N–H and O–H groups in total. The molecule has 0 aliphatic heterocycles. The zero-order chi connectivity index (χ0) is 26.2. The number of aliphatic carboxylic acids is 1. The SMILES string of the molecule is O=C(N[C@@H](Cc1ccc(OCCCc2ccc3c(n2)CCCC3)cc1)C(=O)O)c1cnc(C(F)F)cn1. The van der Waals surface area contributed by atoms with Gasteiger partial charge in [-0.05, 0) is 67.9 Å². The van der Waals surface area contributed by atoms with E-state index in [0.717, 1.165) is 43.8 Å². The lowest BCUT2D eigenvalue weighted by atomic mass is 9.95. The monoisotopic (exact) mass is 510 g/mol. The first-order chi connectivity index (χ1) is 17.9. The number of aryl methyl sites for hydroxylation is 3. The van der Waals surface area contributed by atoms with E-state index in [1.54, 1.807) is 24.3 Å². The lowest BCUT2D eigenvalue weighted by molar-refractivity contribution is -0.139. The molecule has 1 amide bonds. The molecule has 0 unspecified atom stereocenters. The Balaban J connectivity index is 1.25. The Kier molecular flexibility index (Phi) is 8.71. The average molecular weight is 511 g/mol. The third kappa shape index (κ3) is 7.28. The second-order valence-electron chi connectivity index (χ2n) is 8.91. The molecule has 2 aromatic heterocycles. The molecule has 0 spiro atoms. The molecule has 194 valence electrons. The van der Waals surface area contributed by atoms with Gasteiger partial charge in [-0.2, -0.15) is 0 Å². The average Bonchev–Trinajstić information content (AvgIpc) is 2.91. The summed E-state index contributed by atoms with van der Waals surface area (Å²) in [5.74, 6) is -1.39. The van der Waals surface area contributed by atoms with Gasteiger partial charge < -0.3 is 15.2 Å². The van der Waals surface area contributed by atoms with Crippen molar-refractivity contribution >= 4 is 11.9 Å². The first kappa shape index (κ1) is 26.1. The largest absolute Gasteiger partial charge is 0.494 e. The third-order valence-corrected chi connectivity index (χ3v) is 6.18. The summed E-state index contributed by atoms with van der Waals surface area (Å²) in [5, 5.41) is 11.9. The van der Waals surface area contributed by atoms with Crippen LogP contribution in [0, 0.1) is 0 Å². The number of carbonyl (C=O) groups is 2. The van der Waals surface area contributed by atoms with Crippen LogP contribution >= 0.6 is 0 Å². The van der Waals surface area contributed by atoms with Crippen LogP contribution in [0.5, 0.6) is 5.75 Å². The Morgan fingerprint density at radius 1 is 1.03 bits per heavy atom. The molecule has 10 heteroatoms. The maximum absolute atomic E-state index is 12.6. The molecule has 0 saturated heterocycles. The van der Waals surface area contributed by atoms with Gasteiger partial charge in [-0.1, -0.05) is 18.2 Å². The minimum absolute atomic E-state index is 0.0217. The van der Waals surface area contributed by atoms with Gasteiger partial charge in [0, 0.05) is 17.8 Å². The number of fused-ring (bicyclic) bond motifs is 1. The summed E-state index contributed by atoms with van der Waals surface area (Å²) in [5.41, 5.74) is 3.55. The van der Waals surface area contributed by atoms with Crippen LogP contribution in [0.2, 0.25) is 0 Å². The molecule has 37 heavy (non-hydrogen) atoms. The van der Waals surface area contributed by atoms with Crippen LogP contribution in [0.1, 0.15) is 64.4 Å². The number of amides is 1. The summed E-state index contributed by atoms with van der Waals surface area (Å²) in [4.78, 5) is 35.9. The Morgan fingerprint density at radius 2 is 1.81 bits per heavy atom. The fourth-order valence-corrected chi connectivity index (χ4v) is 4.17. The van der Waals surface area contributed by atoms with Gasteiger partial charge in [-0.15, -0.1) is 0 Å². The van der Waals surface area contributed by atoms with Gasteiger partial charge >= 0.3 is 5.97 Å². The van der Waals surface area contributed by atoms with Gasteiger partial charge in [-0.25, -0.2) is 18.6 Å². The molecule has 0 saturated carbocycles. The van der Waals surface area contributed by atoms with E-state index < -0.39 is 30.0 Å². The summed E-state index contributed by atoms with van der Waals surface area (Å²) >= 11 is 0. The molecule has 1 aliphatic carbocycles. The van der Waals surface area contributed by atoms with Gasteiger partial charge in [-0.3, -0.25) is 14.8 Å². The number of aromatic nitrogens is 3. The van der Waals surface area contributed by atoms with Crippen molar-refractivity contribution < 1.29 is 28.2 Å². The number of benzene rings is 1. The number of carboxylic acid groups (broad SMARTS) is 1. The highest BCUT2D eigenvalue weighted by atomic mass is 19.3. The molecule has 2 heterocycles. The Hall–Kier alpha value is -3.95. The van der Waals surface area contributed by atoms with Gasteiger partial charge in [0.2, 0.25) is 0 Å². The number of halogens is 2. The molecule has 1 aliphatic rings. The van der Waals surface area contributed by atoms with Gasteiger partial charge in [0.25, 0.3) is 12.3 Å². The van der Waals surface area contributed by atoms with Crippen molar-refractivity contribution in [2.24, 2.45) is 0 Å². The Morgan fingerprint density at radius 3 is 2.51 bits per heavy atom. The topological polar surface area (TPSA) is 114 Å². The number of hydrogen-bond donors (Lipinski definition) is 2. The van der Waals surface area contributed by atoms with Crippen LogP contribution in [-0.4, -0.2) is 44.6 Å². The second kappa shape index (κ2) is 12.3. The maximum atomic E-state index is 12.6. The smallest absolute Gasteiger partial charge is 0.326 e. The maximum Gasteiger partial charge on any atom is 0.326 e. The highest BCUT2D eigenvalue weighted by Gasteiger charge is 2.22. The van der Waals surface area contributed by atoms with E-state index in [2.05, 4.69) is 27.4 Å². The van der Waals surface area contributed by atoms with E-state index in [4.69, 9.17) is 9.72 Å². The van der Waals surface area contributed by atoms with Crippen molar-refractivity contribution in [3.63, 3.8) is 0 Å². The number of ether oxygens (including phenoxy) is 1. The van der Waals surface area contributed by atoms with Crippen LogP contribution in [0.15, 0.2) is 48.8 Å². The Bertz CT molecular complexity index is 1220. The number of carbonyl (C=O) groups excluding carboxylic acids is 1. The number of carboxylic acids is 1. The minimum Gasteiger partial charge on any atom is -0.494 e. The van der Waals surface area contributed by atoms with Crippen molar-refractivity contribution in [1.82, 2.24) is 20.3 Å². The third-order valence-electron chi connectivity index (χ3n) is 6.18. The highest BCUT2D eigenvalue weighted by molar-refractivity contribution is 5.94. The molecule has 1 aromatic carbocycles. The summed E-state index contributed by atoms with van der Waals surface area (Å²) in [7, 11) is 0. The van der Waals surface area contributed by atoms with Crippen LogP contribution < -0.4 is 10.1 Å². The van der Waals surface area contributed by atoms with E-state index in [9.17, 15) is 23.5 Å². The van der Waals surface area contributed by atoms with Crippen molar-refractivity contribution in [2.75, 3.05) is 6.61 Å².